The third kappa shape index (κ3) is 4.36. The monoisotopic (exact) mass is 342 g/mol. The van der Waals surface area contributed by atoms with Crippen LogP contribution in [-0.2, 0) is 32.7 Å². The summed E-state index contributed by atoms with van der Waals surface area (Å²) < 4.78 is 5.02. The molecule has 0 unspecified atom stereocenters. The maximum atomic E-state index is 12.0. The van der Waals surface area contributed by atoms with Gasteiger partial charge in [-0.2, -0.15) is 30.3 Å². The quantitative estimate of drug-likeness (QED) is 0.477. The van der Waals surface area contributed by atoms with E-state index in [0.717, 1.165) is 0 Å². The predicted octanol–water partition coefficient (Wildman–Crippen LogP) is 2.95. The van der Waals surface area contributed by atoms with Gasteiger partial charge in [-0.25, -0.2) is 0 Å². The summed E-state index contributed by atoms with van der Waals surface area (Å²) in [4.78, 5) is 23.9. The van der Waals surface area contributed by atoms with Gasteiger partial charge in [-0.15, -0.1) is 0 Å². The van der Waals surface area contributed by atoms with Crippen molar-refractivity contribution in [3.63, 3.8) is 0 Å². The number of Topliss-reactive ketones (excluding diaryl/α,β-unsaturated/α-hetero) is 2. The number of hydrogen-bond donors (Lipinski definition) is 0. The van der Waals surface area contributed by atoms with Crippen molar-refractivity contribution in [3.05, 3.63) is 65.7 Å². The van der Waals surface area contributed by atoms with Crippen molar-refractivity contribution in [2.75, 3.05) is 7.11 Å². The van der Waals surface area contributed by atoms with E-state index in [2.05, 4.69) is 6.07 Å². The van der Waals surface area contributed by atoms with Gasteiger partial charge in [0.1, 0.15) is 11.5 Å². The Morgan fingerprint density at radius 1 is 0.950 bits per heavy atom. The molecule has 0 saturated heterocycles. The van der Waals surface area contributed by atoms with Crippen LogP contribution in [0.15, 0.2) is 48.5 Å². The van der Waals surface area contributed by atoms with E-state index >= 15 is 0 Å². The van der Waals surface area contributed by atoms with Crippen LogP contribution in [0.5, 0.6) is 5.75 Å². The molecule has 0 aliphatic heterocycles. The summed E-state index contributed by atoms with van der Waals surface area (Å²) >= 11 is 0. The van der Waals surface area contributed by atoms with E-state index in [-0.39, 0.29) is 50.7 Å². The van der Waals surface area contributed by atoms with Crippen LogP contribution in [-0.4, -0.2) is 18.7 Å². The van der Waals surface area contributed by atoms with Crippen molar-refractivity contribution in [1.29, 1.82) is 0 Å². The van der Waals surface area contributed by atoms with E-state index in [9.17, 15) is 9.59 Å². The molecule has 0 atom stereocenters. The molecular formula is C16H13O3Y+2. The van der Waals surface area contributed by atoms with Crippen molar-refractivity contribution in [3.8, 4) is 5.75 Å². The number of methoxy groups -OCH3 is 1. The summed E-state index contributed by atoms with van der Waals surface area (Å²) in [5.74, 6) is 0.303. The molecule has 2 aromatic rings. The van der Waals surface area contributed by atoms with Gasteiger partial charge in [0.05, 0.1) is 13.5 Å². The van der Waals surface area contributed by atoms with Crippen LogP contribution in [0.1, 0.15) is 27.1 Å². The molecule has 0 aliphatic rings. The summed E-state index contributed by atoms with van der Waals surface area (Å²) in [5, 5.41) is 0. The third-order valence-corrected chi connectivity index (χ3v) is 2.77. The molecule has 0 radical (unpaired) electrons. The van der Waals surface area contributed by atoms with Gasteiger partial charge < -0.3 is 4.74 Å². The Bertz CT molecular complexity index is 576. The van der Waals surface area contributed by atoms with E-state index in [1.807, 2.05) is 0 Å². The molecule has 3 nitrogen and oxygen atoms in total. The first-order chi connectivity index (χ1) is 9.20. The Hall–Kier alpha value is -1.32. The summed E-state index contributed by atoms with van der Waals surface area (Å²) in [5.41, 5.74) is 1.04. The first kappa shape index (κ1) is 16.7. The Labute approximate surface area is 143 Å². The fourth-order valence-corrected chi connectivity index (χ4v) is 1.70. The van der Waals surface area contributed by atoms with Crippen molar-refractivity contribution in [2.24, 2.45) is 0 Å². The number of ether oxygens (including phenoxy) is 1. The fourth-order valence-electron chi connectivity index (χ4n) is 1.70. The van der Waals surface area contributed by atoms with Gasteiger partial charge >= 0.3 is 32.7 Å². The van der Waals surface area contributed by atoms with Gasteiger partial charge in [-0.1, -0.05) is 5.56 Å². The topological polar surface area (TPSA) is 43.4 Å². The van der Waals surface area contributed by atoms with Crippen molar-refractivity contribution < 1.29 is 47.0 Å². The Kier molecular flexibility index (Phi) is 6.76. The van der Waals surface area contributed by atoms with Crippen molar-refractivity contribution >= 4 is 11.6 Å². The second kappa shape index (κ2) is 8.08. The Morgan fingerprint density at radius 3 is 1.95 bits per heavy atom. The standard InChI is InChI=1S/C16H13O3.Y/c1-19-14-9-7-13(8-10-14)16(18)11-15(17)12-5-3-2-4-6-12;/h3-10H,11H2,1H3;/q-1;+3. The van der Waals surface area contributed by atoms with Crippen LogP contribution in [0.3, 0.4) is 0 Å². The molecule has 0 saturated carbocycles. The van der Waals surface area contributed by atoms with E-state index in [0.29, 0.717) is 16.9 Å². The van der Waals surface area contributed by atoms with Crippen LogP contribution in [0, 0.1) is 6.07 Å². The zero-order chi connectivity index (χ0) is 13.7. The van der Waals surface area contributed by atoms with Gasteiger partial charge in [-0.3, -0.25) is 9.59 Å². The van der Waals surface area contributed by atoms with Crippen LogP contribution >= 0.6 is 0 Å². The molecule has 2 rings (SSSR count). The van der Waals surface area contributed by atoms with E-state index in [4.69, 9.17) is 4.74 Å². The summed E-state index contributed by atoms with van der Waals surface area (Å²) in [6.07, 6.45) is -0.129. The number of rotatable bonds is 5. The van der Waals surface area contributed by atoms with Gasteiger partial charge in [0, 0.05) is 5.56 Å². The number of carbonyl (C=O) groups excluding carboxylic acids is 2. The molecular weight excluding hydrogens is 329 g/mol. The SMILES string of the molecule is COc1ccc(C(=O)CC(=O)c2cc[c-]cc2)cc1.[Y+3]. The van der Waals surface area contributed by atoms with E-state index in [1.165, 1.54) is 0 Å². The summed E-state index contributed by atoms with van der Waals surface area (Å²) in [6.45, 7) is 0. The summed E-state index contributed by atoms with van der Waals surface area (Å²) in [7, 11) is 1.56. The molecule has 2 aromatic carbocycles. The molecule has 0 aliphatic carbocycles. The zero-order valence-electron chi connectivity index (χ0n) is 11.1. The second-order valence-corrected chi connectivity index (χ2v) is 4.04. The number of ketones is 2. The minimum atomic E-state index is -0.194. The molecule has 96 valence electrons. The van der Waals surface area contributed by atoms with Crippen molar-refractivity contribution in [1.82, 2.24) is 0 Å². The number of benzene rings is 2. The molecule has 0 bridgehead atoms. The van der Waals surface area contributed by atoms with Gasteiger partial charge in [0.25, 0.3) is 0 Å². The van der Waals surface area contributed by atoms with Crippen LogP contribution in [0.2, 0.25) is 0 Å². The largest absolute Gasteiger partial charge is 3.00 e. The molecule has 0 amide bonds. The molecule has 0 aromatic heterocycles. The van der Waals surface area contributed by atoms with Crippen LogP contribution in [0.25, 0.3) is 0 Å². The Morgan fingerprint density at radius 2 is 1.45 bits per heavy atom. The molecule has 0 spiro atoms. The van der Waals surface area contributed by atoms with E-state index in [1.54, 1.807) is 55.6 Å². The first-order valence-electron chi connectivity index (χ1n) is 5.87. The van der Waals surface area contributed by atoms with Crippen LogP contribution in [0.4, 0.5) is 0 Å². The molecule has 4 heteroatoms. The minimum Gasteiger partial charge on any atom is -0.497 e. The summed E-state index contributed by atoms with van der Waals surface area (Å²) in [6, 6.07) is 16.2. The molecule has 20 heavy (non-hydrogen) atoms. The first-order valence-corrected chi connectivity index (χ1v) is 5.87. The fraction of sp³-hybridized carbons (Fsp3) is 0.125. The third-order valence-electron chi connectivity index (χ3n) is 2.77. The average Bonchev–Trinajstić information content (AvgIpc) is 2.48. The predicted molar refractivity (Wildman–Crippen MR) is 71.6 cm³/mol. The van der Waals surface area contributed by atoms with E-state index < -0.39 is 0 Å². The Balaban J connectivity index is 0.00000200. The number of hydrogen-bond acceptors (Lipinski definition) is 3. The maximum Gasteiger partial charge on any atom is 3.00 e. The maximum absolute atomic E-state index is 12.0. The molecule has 0 fully saturated rings. The second-order valence-electron chi connectivity index (χ2n) is 4.04. The normalized spacial score (nSPS) is 9.45. The van der Waals surface area contributed by atoms with Gasteiger partial charge in [0.15, 0.2) is 5.78 Å². The van der Waals surface area contributed by atoms with Crippen LogP contribution < -0.4 is 4.74 Å². The smallest absolute Gasteiger partial charge is 0.497 e. The van der Waals surface area contributed by atoms with Crippen molar-refractivity contribution in [2.45, 2.75) is 6.42 Å². The molecule has 0 N–H and O–H groups in total. The van der Waals surface area contributed by atoms with Gasteiger partial charge in [-0.05, 0) is 24.3 Å². The average molecular weight is 342 g/mol. The van der Waals surface area contributed by atoms with Gasteiger partial charge in [0.2, 0.25) is 0 Å². The number of carbonyl (C=O) groups is 2. The molecule has 0 heterocycles. The minimum absolute atomic E-state index is 0. The zero-order valence-corrected chi connectivity index (χ0v) is 14.0.